The zero-order valence-corrected chi connectivity index (χ0v) is 14.8. The van der Waals surface area contributed by atoms with E-state index >= 15 is 0 Å². The summed E-state index contributed by atoms with van der Waals surface area (Å²) in [5.41, 5.74) is 5.02. The van der Waals surface area contributed by atoms with Gasteiger partial charge in [0, 0.05) is 25.0 Å². The molecule has 3 heteroatoms. The lowest BCUT2D eigenvalue weighted by Crippen LogP contribution is -2.30. The van der Waals surface area contributed by atoms with Crippen molar-refractivity contribution in [3.05, 3.63) is 89.7 Å². The predicted molar refractivity (Wildman–Crippen MR) is 101 cm³/mol. The van der Waals surface area contributed by atoms with Crippen molar-refractivity contribution in [1.82, 2.24) is 9.88 Å². The molecule has 0 aliphatic heterocycles. The molecule has 0 bridgehead atoms. The van der Waals surface area contributed by atoms with Crippen LogP contribution < -0.4 is 0 Å². The minimum absolute atomic E-state index is 0.0168. The molecule has 0 aliphatic rings. The maximum atomic E-state index is 13.2. The Balaban J connectivity index is 1.97. The molecule has 0 fully saturated rings. The van der Waals surface area contributed by atoms with Crippen LogP contribution in [0.2, 0.25) is 0 Å². The highest BCUT2D eigenvalue weighted by molar-refractivity contribution is 6.01. The number of carbonyl (C=O) groups excluding carboxylic acids is 1. The first-order valence-corrected chi connectivity index (χ1v) is 8.41. The third-order valence-corrected chi connectivity index (χ3v) is 4.68. The van der Waals surface area contributed by atoms with Crippen LogP contribution in [0.15, 0.2) is 73.1 Å². The van der Waals surface area contributed by atoms with Gasteiger partial charge in [-0.25, -0.2) is 0 Å². The summed E-state index contributed by atoms with van der Waals surface area (Å²) >= 11 is 0. The third kappa shape index (κ3) is 3.45. The average Bonchev–Trinajstić information content (AvgIpc) is 2.67. The van der Waals surface area contributed by atoms with Crippen LogP contribution in [0.25, 0.3) is 11.1 Å². The summed E-state index contributed by atoms with van der Waals surface area (Å²) in [5.74, 6) is 0.0168. The van der Waals surface area contributed by atoms with Gasteiger partial charge in [0.15, 0.2) is 0 Å². The van der Waals surface area contributed by atoms with Crippen molar-refractivity contribution < 1.29 is 4.79 Å². The monoisotopic (exact) mass is 330 g/mol. The van der Waals surface area contributed by atoms with E-state index in [-0.39, 0.29) is 11.9 Å². The first-order valence-electron chi connectivity index (χ1n) is 8.41. The molecular weight excluding hydrogens is 308 g/mol. The number of aryl methyl sites for hydroxylation is 1. The van der Waals surface area contributed by atoms with Crippen molar-refractivity contribution in [2.75, 3.05) is 7.05 Å². The third-order valence-electron chi connectivity index (χ3n) is 4.68. The number of hydrogen-bond acceptors (Lipinski definition) is 2. The molecule has 1 heterocycles. The van der Waals surface area contributed by atoms with Gasteiger partial charge in [0.2, 0.25) is 0 Å². The smallest absolute Gasteiger partial charge is 0.254 e. The van der Waals surface area contributed by atoms with Crippen molar-refractivity contribution in [2.45, 2.75) is 19.9 Å². The van der Waals surface area contributed by atoms with Gasteiger partial charge in [-0.1, -0.05) is 42.5 Å². The first-order chi connectivity index (χ1) is 12.1. The highest BCUT2D eigenvalue weighted by Gasteiger charge is 2.21. The van der Waals surface area contributed by atoms with Crippen LogP contribution >= 0.6 is 0 Å². The molecule has 0 N–H and O–H groups in total. The molecule has 25 heavy (non-hydrogen) atoms. The van der Waals surface area contributed by atoms with Crippen molar-refractivity contribution >= 4 is 5.91 Å². The van der Waals surface area contributed by atoms with E-state index in [2.05, 4.69) is 24.0 Å². The number of nitrogens with zero attached hydrogens (tertiary/aromatic N) is 2. The molecule has 1 atom stereocenters. The molecule has 3 aromatic rings. The number of amides is 1. The predicted octanol–water partition coefficient (Wildman–Crippen LogP) is 4.89. The van der Waals surface area contributed by atoms with E-state index in [1.165, 1.54) is 0 Å². The Labute approximate surface area is 149 Å². The second-order valence-electron chi connectivity index (χ2n) is 6.23. The molecule has 0 aliphatic carbocycles. The normalized spacial score (nSPS) is 11.8. The fraction of sp³-hybridized carbons (Fsp3) is 0.182. The summed E-state index contributed by atoms with van der Waals surface area (Å²) < 4.78 is 0. The Morgan fingerprint density at radius 2 is 1.52 bits per heavy atom. The van der Waals surface area contributed by atoms with Crippen LogP contribution in [-0.2, 0) is 0 Å². The molecule has 3 rings (SSSR count). The number of pyridine rings is 1. The van der Waals surface area contributed by atoms with Gasteiger partial charge in [-0.3, -0.25) is 9.78 Å². The lowest BCUT2D eigenvalue weighted by Gasteiger charge is -2.26. The van der Waals surface area contributed by atoms with Crippen molar-refractivity contribution in [1.29, 1.82) is 0 Å². The molecule has 0 saturated heterocycles. The Kier molecular flexibility index (Phi) is 4.94. The zero-order valence-electron chi connectivity index (χ0n) is 14.8. The first kappa shape index (κ1) is 16.9. The van der Waals surface area contributed by atoms with Gasteiger partial charge < -0.3 is 4.90 Å². The molecular formula is C22H22N2O. The van der Waals surface area contributed by atoms with Crippen molar-refractivity contribution in [2.24, 2.45) is 0 Å². The van der Waals surface area contributed by atoms with E-state index in [0.29, 0.717) is 0 Å². The molecule has 0 radical (unpaired) electrons. The Hall–Kier alpha value is -2.94. The van der Waals surface area contributed by atoms with Crippen LogP contribution in [0.5, 0.6) is 0 Å². The fourth-order valence-corrected chi connectivity index (χ4v) is 3.01. The van der Waals surface area contributed by atoms with E-state index in [1.54, 1.807) is 17.3 Å². The molecule has 3 nitrogen and oxygen atoms in total. The van der Waals surface area contributed by atoms with E-state index in [4.69, 9.17) is 0 Å². The summed E-state index contributed by atoms with van der Waals surface area (Å²) in [7, 11) is 1.85. The highest BCUT2D eigenvalue weighted by atomic mass is 16.2. The highest BCUT2D eigenvalue weighted by Crippen LogP contribution is 2.29. The molecule has 1 aromatic heterocycles. The zero-order chi connectivity index (χ0) is 17.8. The summed E-state index contributed by atoms with van der Waals surface area (Å²) in [6.45, 7) is 4.10. The quantitative estimate of drug-likeness (QED) is 0.682. The molecule has 0 saturated carbocycles. The number of rotatable bonds is 4. The van der Waals surface area contributed by atoms with Crippen LogP contribution in [0.3, 0.4) is 0 Å². The fourth-order valence-electron chi connectivity index (χ4n) is 3.01. The summed E-state index contributed by atoms with van der Waals surface area (Å²) in [6, 6.07) is 19.8. The Morgan fingerprint density at radius 1 is 0.920 bits per heavy atom. The van der Waals surface area contributed by atoms with Gasteiger partial charge in [-0.15, -0.1) is 0 Å². The van der Waals surface area contributed by atoms with Gasteiger partial charge in [0.1, 0.15) is 0 Å². The van der Waals surface area contributed by atoms with Crippen LogP contribution in [0.1, 0.15) is 34.5 Å². The minimum Gasteiger partial charge on any atom is -0.335 e. The van der Waals surface area contributed by atoms with Gasteiger partial charge in [0.05, 0.1) is 6.04 Å². The minimum atomic E-state index is -0.0274. The van der Waals surface area contributed by atoms with E-state index in [1.807, 2.05) is 62.5 Å². The average molecular weight is 330 g/mol. The molecule has 126 valence electrons. The van der Waals surface area contributed by atoms with Gasteiger partial charge >= 0.3 is 0 Å². The number of aromatic nitrogens is 1. The maximum absolute atomic E-state index is 13.2. The van der Waals surface area contributed by atoms with Gasteiger partial charge in [-0.2, -0.15) is 0 Å². The molecule has 1 unspecified atom stereocenters. The topological polar surface area (TPSA) is 33.2 Å². The Morgan fingerprint density at radius 3 is 2.20 bits per heavy atom. The number of hydrogen-bond donors (Lipinski definition) is 0. The summed E-state index contributed by atoms with van der Waals surface area (Å²) in [4.78, 5) is 19.0. The summed E-state index contributed by atoms with van der Waals surface area (Å²) in [5, 5.41) is 0. The Bertz CT molecular complexity index is 874. The summed E-state index contributed by atoms with van der Waals surface area (Å²) in [6.07, 6.45) is 3.51. The number of benzene rings is 2. The lowest BCUT2D eigenvalue weighted by atomic mass is 9.95. The van der Waals surface area contributed by atoms with Crippen LogP contribution in [0.4, 0.5) is 0 Å². The lowest BCUT2D eigenvalue weighted by molar-refractivity contribution is 0.0743. The second-order valence-corrected chi connectivity index (χ2v) is 6.23. The SMILES string of the molecule is Cc1ccccc1-c1ccccc1C(=O)N(C)C(C)c1ccncc1. The van der Waals surface area contributed by atoms with Crippen molar-refractivity contribution in [3.63, 3.8) is 0 Å². The van der Waals surface area contributed by atoms with E-state index < -0.39 is 0 Å². The largest absolute Gasteiger partial charge is 0.335 e. The molecule has 2 aromatic carbocycles. The molecule has 1 amide bonds. The van der Waals surface area contributed by atoms with Crippen molar-refractivity contribution in [3.8, 4) is 11.1 Å². The van der Waals surface area contributed by atoms with E-state index in [9.17, 15) is 4.79 Å². The standard InChI is InChI=1S/C22H22N2O/c1-16-8-4-5-9-19(16)20-10-6-7-11-21(20)22(25)24(3)17(2)18-12-14-23-15-13-18/h4-15,17H,1-3H3. The molecule has 0 spiro atoms. The van der Waals surface area contributed by atoms with Crippen LogP contribution in [-0.4, -0.2) is 22.8 Å². The second kappa shape index (κ2) is 7.31. The maximum Gasteiger partial charge on any atom is 0.254 e. The van der Waals surface area contributed by atoms with Gasteiger partial charge in [-0.05, 0) is 54.3 Å². The van der Waals surface area contributed by atoms with E-state index in [0.717, 1.165) is 27.8 Å². The van der Waals surface area contributed by atoms with Gasteiger partial charge in [0.25, 0.3) is 5.91 Å². The van der Waals surface area contributed by atoms with Crippen LogP contribution in [0, 0.1) is 6.92 Å². The number of carbonyl (C=O) groups is 1.